The Balaban J connectivity index is 1.41. The van der Waals surface area contributed by atoms with Crippen LogP contribution in [-0.2, 0) is 4.74 Å². The third-order valence-corrected chi connectivity index (χ3v) is 7.33. The number of likely N-dealkylation sites (tertiary alicyclic amines) is 1. The molecule has 1 spiro atoms. The molecule has 3 nitrogen and oxygen atoms in total. The van der Waals surface area contributed by atoms with Crippen LogP contribution >= 0.6 is 0 Å². The third kappa shape index (κ3) is 2.71. The van der Waals surface area contributed by atoms with Crippen LogP contribution in [0.4, 0.5) is 0 Å². The summed E-state index contributed by atoms with van der Waals surface area (Å²) < 4.78 is 13.2. The van der Waals surface area contributed by atoms with E-state index in [-0.39, 0.29) is 11.7 Å². The predicted molar refractivity (Wildman–Crippen MR) is 98.9 cm³/mol. The molecule has 1 aromatic rings. The number of para-hydroxylation sites is 1. The quantitative estimate of drug-likeness (QED) is 0.738. The Morgan fingerprint density at radius 1 is 1.00 bits per heavy atom. The maximum atomic E-state index is 6.77. The maximum Gasteiger partial charge on any atom is 0.125 e. The second-order valence-corrected chi connectivity index (χ2v) is 8.73. The van der Waals surface area contributed by atoms with Gasteiger partial charge in [-0.3, -0.25) is 0 Å². The molecule has 0 N–H and O–H groups in total. The first kappa shape index (κ1) is 16.1. The summed E-state index contributed by atoms with van der Waals surface area (Å²) in [7, 11) is 0. The molecule has 1 saturated carbocycles. The lowest BCUT2D eigenvalue weighted by atomic mass is 9.69. The van der Waals surface area contributed by atoms with Crippen LogP contribution in [-0.4, -0.2) is 35.7 Å². The van der Waals surface area contributed by atoms with Crippen molar-refractivity contribution in [3.63, 3.8) is 0 Å². The monoisotopic (exact) mass is 341 g/mol. The molecular weight excluding hydrogens is 310 g/mol. The fourth-order valence-corrected chi connectivity index (χ4v) is 5.92. The summed E-state index contributed by atoms with van der Waals surface area (Å²) in [5, 5.41) is 0. The maximum absolute atomic E-state index is 6.77. The van der Waals surface area contributed by atoms with Gasteiger partial charge in [-0.2, -0.15) is 0 Å². The van der Waals surface area contributed by atoms with Crippen LogP contribution in [0.2, 0.25) is 0 Å². The van der Waals surface area contributed by atoms with E-state index >= 15 is 0 Å². The van der Waals surface area contributed by atoms with E-state index in [4.69, 9.17) is 9.47 Å². The number of nitrogens with zero attached hydrogens (tertiary/aromatic N) is 1. The topological polar surface area (TPSA) is 21.7 Å². The lowest BCUT2D eigenvalue weighted by Crippen LogP contribution is -2.58. The fraction of sp³-hybridized carbons (Fsp3) is 0.727. The lowest BCUT2D eigenvalue weighted by molar-refractivity contribution is -0.171. The summed E-state index contributed by atoms with van der Waals surface area (Å²) in [4.78, 5) is 2.75. The van der Waals surface area contributed by atoms with E-state index in [0.717, 1.165) is 24.6 Å². The SMILES string of the molecule is C[C@H]1CC[C@@H]2[C@@H](O1)c1ccccc1OC21CCN(C2CCCC2)CC1. The minimum absolute atomic E-state index is 0.00569. The van der Waals surface area contributed by atoms with Gasteiger partial charge in [-0.25, -0.2) is 0 Å². The van der Waals surface area contributed by atoms with Gasteiger partial charge in [0.25, 0.3) is 0 Å². The summed E-state index contributed by atoms with van der Waals surface area (Å²) in [6.07, 6.45) is 11.0. The van der Waals surface area contributed by atoms with Crippen molar-refractivity contribution in [2.45, 2.75) is 82.1 Å². The molecule has 25 heavy (non-hydrogen) atoms. The highest BCUT2D eigenvalue weighted by atomic mass is 16.5. The van der Waals surface area contributed by atoms with Gasteiger partial charge in [0.1, 0.15) is 11.4 Å². The number of benzene rings is 1. The van der Waals surface area contributed by atoms with Crippen LogP contribution in [0.1, 0.15) is 70.0 Å². The Morgan fingerprint density at radius 3 is 2.56 bits per heavy atom. The average Bonchev–Trinajstić information content (AvgIpc) is 3.17. The summed E-state index contributed by atoms with van der Waals surface area (Å²) in [6.45, 7) is 4.63. The molecule has 3 heteroatoms. The number of hydrogen-bond acceptors (Lipinski definition) is 3. The number of fused-ring (bicyclic) bond motifs is 4. The molecule has 2 saturated heterocycles. The fourth-order valence-electron chi connectivity index (χ4n) is 5.92. The summed E-state index contributed by atoms with van der Waals surface area (Å²) >= 11 is 0. The second-order valence-electron chi connectivity index (χ2n) is 8.73. The number of rotatable bonds is 1. The van der Waals surface area contributed by atoms with Crippen LogP contribution in [0.15, 0.2) is 24.3 Å². The standard InChI is InChI=1S/C22H31NO2/c1-16-10-11-19-21(24-16)18-8-4-5-9-20(18)25-22(19)12-14-23(15-13-22)17-6-2-3-7-17/h4-5,8-9,16-17,19,21H,2-3,6-7,10-15H2,1H3/t16-,19+,21-/m0/s1. The smallest absolute Gasteiger partial charge is 0.125 e. The molecule has 0 radical (unpaired) electrons. The van der Waals surface area contributed by atoms with Gasteiger partial charge in [-0.15, -0.1) is 0 Å². The Labute approximate surface area is 151 Å². The normalized spacial score (nSPS) is 35.2. The largest absolute Gasteiger partial charge is 0.486 e. The number of ether oxygens (including phenoxy) is 2. The first-order chi connectivity index (χ1) is 12.3. The first-order valence-corrected chi connectivity index (χ1v) is 10.4. The van der Waals surface area contributed by atoms with Crippen molar-refractivity contribution < 1.29 is 9.47 Å². The van der Waals surface area contributed by atoms with Crippen LogP contribution < -0.4 is 4.74 Å². The molecule has 136 valence electrons. The Kier molecular flexibility index (Phi) is 4.05. The average molecular weight is 341 g/mol. The molecule has 4 aliphatic rings. The van der Waals surface area contributed by atoms with Crippen LogP contribution in [0.3, 0.4) is 0 Å². The summed E-state index contributed by atoms with van der Waals surface area (Å²) in [6, 6.07) is 9.44. The Hall–Kier alpha value is -1.06. The zero-order chi connectivity index (χ0) is 16.9. The van der Waals surface area contributed by atoms with Crippen molar-refractivity contribution in [2.24, 2.45) is 5.92 Å². The molecule has 0 bridgehead atoms. The van der Waals surface area contributed by atoms with Crippen molar-refractivity contribution in [2.75, 3.05) is 13.1 Å². The van der Waals surface area contributed by atoms with Crippen LogP contribution in [0, 0.1) is 5.92 Å². The van der Waals surface area contributed by atoms with Crippen LogP contribution in [0.25, 0.3) is 0 Å². The van der Waals surface area contributed by atoms with Crippen molar-refractivity contribution in [1.82, 2.24) is 4.90 Å². The van der Waals surface area contributed by atoms with E-state index in [2.05, 4.69) is 36.1 Å². The molecule has 3 heterocycles. The van der Waals surface area contributed by atoms with Gasteiger partial charge in [0.15, 0.2) is 0 Å². The van der Waals surface area contributed by atoms with Crippen molar-refractivity contribution in [1.29, 1.82) is 0 Å². The number of piperidine rings is 1. The molecule has 1 aromatic carbocycles. The van der Waals surface area contributed by atoms with Crippen molar-refractivity contribution in [3.05, 3.63) is 29.8 Å². The molecule has 3 fully saturated rings. The van der Waals surface area contributed by atoms with Gasteiger partial charge in [-0.05, 0) is 38.7 Å². The van der Waals surface area contributed by atoms with Crippen LogP contribution in [0.5, 0.6) is 5.75 Å². The highest BCUT2D eigenvalue weighted by Crippen LogP contribution is 2.54. The molecule has 3 atom stereocenters. The minimum atomic E-state index is -0.00569. The van der Waals surface area contributed by atoms with Gasteiger partial charge in [0.2, 0.25) is 0 Å². The first-order valence-electron chi connectivity index (χ1n) is 10.4. The van der Waals surface area contributed by atoms with E-state index < -0.39 is 0 Å². The van der Waals surface area contributed by atoms with Crippen molar-refractivity contribution >= 4 is 0 Å². The predicted octanol–water partition coefficient (Wildman–Crippen LogP) is 4.71. The number of hydrogen-bond donors (Lipinski definition) is 0. The Bertz CT molecular complexity index is 616. The molecule has 1 aliphatic carbocycles. The van der Waals surface area contributed by atoms with Gasteiger partial charge in [-0.1, -0.05) is 31.0 Å². The Morgan fingerprint density at radius 2 is 1.76 bits per heavy atom. The summed E-state index contributed by atoms with van der Waals surface area (Å²) in [5.74, 6) is 1.59. The van der Waals surface area contributed by atoms with Gasteiger partial charge in [0.05, 0.1) is 12.2 Å². The molecular formula is C22H31NO2. The van der Waals surface area contributed by atoms with Gasteiger partial charge in [0, 0.05) is 43.5 Å². The molecule has 5 rings (SSSR count). The van der Waals surface area contributed by atoms with E-state index in [1.807, 2.05) is 0 Å². The molecule has 0 amide bonds. The van der Waals surface area contributed by atoms with E-state index in [9.17, 15) is 0 Å². The zero-order valence-electron chi connectivity index (χ0n) is 15.5. The zero-order valence-corrected chi connectivity index (χ0v) is 15.5. The van der Waals surface area contributed by atoms with E-state index in [1.165, 1.54) is 57.2 Å². The van der Waals surface area contributed by atoms with E-state index in [1.54, 1.807) is 0 Å². The molecule has 3 aliphatic heterocycles. The second kappa shape index (κ2) is 6.28. The van der Waals surface area contributed by atoms with E-state index in [0.29, 0.717) is 12.0 Å². The molecule has 0 aromatic heterocycles. The van der Waals surface area contributed by atoms with Crippen molar-refractivity contribution in [3.8, 4) is 5.75 Å². The summed E-state index contributed by atoms with van der Waals surface area (Å²) in [5.41, 5.74) is 1.27. The third-order valence-electron chi connectivity index (χ3n) is 7.33. The highest BCUT2D eigenvalue weighted by Gasteiger charge is 2.53. The highest BCUT2D eigenvalue weighted by molar-refractivity contribution is 5.39. The van der Waals surface area contributed by atoms with Gasteiger partial charge >= 0.3 is 0 Å². The van der Waals surface area contributed by atoms with Gasteiger partial charge < -0.3 is 14.4 Å². The minimum Gasteiger partial charge on any atom is -0.486 e. The lowest BCUT2D eigenvalue weighted by Gasteiger charge is -2.54. The molecule has 0 unspecified atom stereocenters.